The summed E-state index contributed by atoms with van der Waals surface area (Å²) in [4.78, 5) is 20.3. The summed E-state index contributed by atoms with van der Waals surface area (Å²) in [6, 6.07) is 13.5. The van der Waals surface area contributed by atoms with Crippen molar-refractivity contribution < 1.29 is 4.79 Å². The summed E-state index contributed by atoms with van der Waals surface area (Å²) in [5.74, 6) is 0. The van der Waals surface area contributed by atoms with E-state index in [1.807, 2.05) is 47.8 Å². The van der Waals surface area contributed by atoms with Crippen molar-refractivity contribution in [3.8, 4) is 11.3 Å². The van der Waals surface area contributed by atoms with Gasteiger partial charge < -0.3 is 10.6 Å². The number of rotatable bonds is 5. The smallest absolute Gasteiger partial charge is 0.315 e. The van der Waals surface area contributed by atoms with Crippen LogP contribution in [0.5, 0.6) is 0 Å². The van der Waals surface area contributed by atoms with Gasteiger partial charge in [0.2, 0.25) is 0 Å². The molecule has 0 fully saturated rings. The molecule has 6 heteroatoms. The van der Waals surface area contributed by atoms with Gasteiger partial charge in [-0.05, 0) is 17.7 Å². The SMILES string of the molecule is O=C(NCc1ccncc1)NCc1nc(-c2ccccc2)cs1. The third-order valence-electron chi connectivity index (χ3n) is 3.22. The molecule has 0 bridgehead atoms. The maximum Gasteiger partial charge on any atom is 0.315 e. The fourth-order valence-corrected chi connectivity index (χ4v) is 2.78. The summed E-state index contributed by atoms with van der Waals surface area (Å²) < 4.78 is 0. The summed E-state index contributed by atoms with van der Waals surface area (Å²) in [7, 11) is 0. The molecule has 0 saturated carbocycles. The van der Waals surface area contributed by atoms with Crippen molar-refractivity contribution >= 4 is 17.4 Å². The monoisotopic (exact) mass is 324 g/mol. The number of aromatic nitrogens is 2. The second-order valence-electron chi connectivity index (χ2n) is 4.88. The number of nitrogens with zero attached hydrogens (tertiary/aromatic N) is 2. The fourth-order valence-electron chi connectivity index (χ4n) is 2.03. The van der Waals surface area contributed by atoms with Gasteiger partial charge in [0.15, 0.2) is 0 Å². The Morgan fingerprint density at radius 2 is 1.74 bits per heavy atom. The van der Waals surface area contributed by atoms with Crippen LogP contribution in [0, 0.1) is 0 Å². The summed E-state index contributed by atoms with van der Waals surface area (Å²) in [5, 5.41) is 8.50. The summed E-state index contributed by atoms with van der Waals surface area (Å²) in [6.45, 7) is 0.890. The third kappa shape index (κ3) is 4.37. The predicted octanol–water partition coefficient (Wildman–Crippen LogP) is 3.20. The van der Waals surface area contributed by atoms with E-state index in [1.165, 1.54) is 11.3 Å². The maximum absolute atomic E-state index is 11.8. The highest BCUT2D eigenvalue weighted by Gasteiger charge is 2.06. The van der Waals surface area contributed by atoms with Crippen LogP contribution in [0.15, 0.2) is 60.2 Å². The molecule has 2 amide bonds. The van der Waals surface area contributed by atoms with E-state index in [-0.39, 0.29) is 6.03 Å². The standard InChI is InChI=1S/C17H16N4OS/c22-17(19-10-13-6-8-18-9-7-13)20-11-16-21-15(12-23-16)14-4-2-1-3-5-14/h1-9,12H,10-11H2,(H2,19,20,22). The Balaban J connectivity index is 1.49. The normalized spacial score (nSPS) is 10.3. The molecule has 23 heavy (non-hydrogen) atoms. The molecule has 3 aromatic rings. The van der Waals surface area contributed by atoms with Crippen molar-refractivity contribution in [1.29, 1.82) is 0 Å². The first-order valence-electron chi connectivity index (χ1n) is 7.22. The summed E-state index contributed by atoms with van der Waals surface area (Å²) in [6.07, 6.45) is 3.41. The molecule has 0 unspecified atom stereocenters. The quantitative estimate of drug-likeness (QED) is 0.757. The van der Waals surface area contributed by atoms with Crippen molar-refractivity contribution in [3.05, 3.63) is 70.8 Å². The van der Waals surface area contributed by atoms with Gasteiger partial charge >= 0.3 is 6.03 Å². The molecule has 0 spiro atoms. The molecule has 0 radical (unpaired) electrons. The van der Waals surface area contributed by atoms with Gasteiger partial charge in [-0.3, -0.25) is 4.98 Å². The molecule has 116 valence electrons. The van der Waals surface area contributed by atoms with Crippen LogP contribution >= 0.6 is 11.3 Å². The lowest BCUT2D eigenvalue weighted by atomic mass is 10.2. The van der Waals surface area contributed by atoms with Crippen molar-refractivity contribution in [2.45, 2.75) is 13.1 Å². The topological polar surface area (TPSA) is 66.9 Å². The highest BCUT2D eigenvalue weighted by molar-refractivity contribution is 7.09. The number of pyridine rings is 1. The Bertz CT molecular complexity index is 759. The Hall–Kier alpha value is -2.73. The number of carbonyl (C=O) groups is 1. The van der Waals surface area contributed by atoms with E-state index >= 15 is 0 Å². The number of thiazole rings is 1. The van der Waals surface area contributed by atoms with Crippen LogP contribution < -0.4 is 10.6 Å². The van der Waals surface area contributed by atoms with E-state index in [2.05, 4.69) is 20.6 Å². The number of benzene rings is 1. The molecule has 5 nitrogen and oxygen atoms in total. The number of urea groups is 1. The van der Waals surface area contributed by atoms with E-state index in [0.29, 0.717) is 13.1 Å². The maximum atomic E-state index is 11.8. The molecule has 0 aliphatic carbocycles. The molecular formula is C17H16N4OS. The Labute approximate surface area is 138 Å². The van der Waals surface area contributed by atoms with E-state index in [9.17, 15) is 4.79 Å². The minimum Gasteiger partial charge on any atom is -0.334 e. The van der Waals surface area contributed by atoms with Crippen LogP contribution in [-0.2, 0) is 13.1 Å². The van der Waals surface area contributed by atoms with Crippen molar-refractivity contribution in [1.82, 2.24) is 20.6 Å². The van der Waals surface area contributed by atoms with Crippen molar-refractivity contribution in [2.75, 3.05) is 0 Å². The number of carbonyl (C=O) groups excluding carboxylic acids is 1. The highest BCUT2D eigenvalue weighted by Crippen LogP contribution is 2.21. The second kappa shape index (κ2) is 7.51. The van der Waals surface area contributed by atoms with E-state index in [1.54, 1.807) is 12.4 Å². The van der Waals surface area contributed by atoms with Crippen molar-refractivity contribution in [2.24, 2.45) is 0 Å². The third-order valence-corrected chi connectivity index (χ3v) is 4.07. The number of hydrogen-bond donors (Lipinski definition) is 2. The van der Waals surface area contributed by atoms with Gasteiger partial charge in [0, 0.05) is 29.9 Å². The molecule has 0 atom stereocenters. The van der Waals surface area contributed by atoms with Crippen LogP contribution in [-0.4, -0.2) is 16.0 Å². The Morgan fingerprint density at radius 1 is 1.00 bits per heavy atom. The van der Waals surface area contributed by atoms with Gasteiger partial charge in [0.05, 0.1) is 12.2 Å². The van der Waals surface area contributed by atoms with Crippen LogP contribution in [0.3, 0.4) is 0 Å². The predicted molar refractivity (Wildman–Crippen MR) is 90.9 cm³/mol. The lowest BCUT2D eigenvalue weighted by Crippen LogP contribution is -2.34. The molecule has 3 rings (SSSR count). The molecule has 0 aliphatic heterocycles. The largest absolute Gasteiger partial charge is 0.334 e. The van der Waals surface area contributed by atoms with E-state index in [4.69, 9.17) is 0 Å². The zero-order valence-corrected chi connectivity index (χ0v) is 13.2. The zero-order chi connectivity index (χ0) is 15.9. The highest BCUT2D eigenvalue weighted by atomic mass is 32.1. The first-order valence-corrected chi connectivity index (χ1v) is 8.09. The van der Waals surface area contributed by atoms with Crippen molar-refractivity contribution in [3.63, 3.8) is 0 Å². The molecule has 0 saturated heterocycles. The van der Waals surface area contributed by atoms with Gasteiger partial charge in [-0.25, -0.2) is 9.78 Å². The summed E-state index contributed by atoms with van der Waals surface area (Å²) in [5.41, 5.74) is 3.03. The summed E-state index contributed by atoms with van der Waals surface area (Å²) >= 11 is 1.54. The van der Waals surface area contributed by atoms with Crippen LogP contribution in [0.2, 0.25) is 0 Å². The van der Waals surface area contributed by atoms with Crippen LogP contribution in [0.4, 0.5) is 4.79 Å². The number of amides is 2. The molecular weight excluding hydrogens is 308 g/mol. The molecule has 2 N–H and O–H groups in total. The minimum absolute atomic E-state index is 0.210. The van der Waals surface area contributed by atoms with Crippen LogP contribution in [0.1, 0.15) is 10.6 Å². The first kappa shape index (κ1) is 15.2. The molecule has 2 aromatic heterocycles. The van der Waals surface area contributed by atoms with Gasteiger partial charge in [0.1, 0.15) is 5.01 Å². The number of nitrogens with one attached hydrogen (secondary N) is 2. The first-order chi connectivity index (χ1) is 11.3. The molecule has 2 heterocycles. The molecule has 0 aliphatic rings. The van der Waals surface area contributed by atoms with Crippen LogP contribution in [0.25, 0.3) is 11.3 Å². The average Bonchev–Trinajstić information content (AvgIpc) is 3.09. The van der Waals surface area contributed by atoms with Gasteiger partial charge in [-0.15, -0.1) is 11.3 Å². The lowest BCUT2D eigenvalue weighted by Gasteiger charge is -2.06. The average molecular weight is 324 g/mol. The number of hydrogen-bond acceptors (Lipinski definition) is 4. The van der Waals surface area contributed by atoms with E-state index in [0.717, 1.165) is 21.8 Å². The Kier molecular flexibility index (Phi) is 4.95. The van der Waals surface area contributed by atoms with Gasteiger partial charge in [-0.1, -0.05) is 30.3 Å². The van der Waals surface area contributed by atoms with Gasteiger partial charge in [-0.2, -0.15) is 0 Å². The zero-order valence-electron chi connectivity index (χ0n) is 12.4. The Morgan fingerprint density at radius 3 is 2.52 bits per heavy atom. The van der Waals surface area contributed by atoms with Gasteiger partial charge in [0.25, 0.3) is 0 Å². The molecule has 1 aromatic carbocycles. The lowest BCUT2D eigenvalue weighted by molar-refractivity contribution is 0.240. The minimum atomic E-state index is -0.210. The second-order valence-corrected chi connectivity index (χ2v) is 5.83. The van der Waals surface area contributed by atoms with E-state index < -0.39 is 0 Å². The fraction of sp³-hybridized carbons (Fsp3) is 0.118.